The molecule has 0 bridgehead atoms. The zero-order chi connectivity index (χ0) is 8.55. The molecule has 1 aromatic carbocycles. The molecule has 0 fully saturated rings. The van der Waals surface area contributed by atoms with Gasteiger partial charge < -0.3 is 0 Å². The fraction of sp³-hybridized carbons (Fsp3) is 0.143. The Kier molecular flexibility index (Phi) is 1.90. The van der Waals surface area contributed by atoms with Gasteiger partial charge in [-0.15, -0.1) is 16.7 Å². The molecule has 0 saturated heterocycles. The molecule has 3 nitrogen and oxygen atoms in total. The van der Waals surface area contributed by atoms with Crippen LogP contribution in [0.1, 0.15) is 0 Å². The predicted molar refractivity (Wildman–Crippen MR) is 48.4 cm³/mol. The number of fused-ring (bicyclic) bond motifs is 1. The number of rotatable bonds is 1. The van der Waals surface area contributed by atoms with E-state index >= 15 is 0 Å². The first-order valence-electron chi connectivity index (χ1n) is 3.36. The van der Waals surface area contributed by atoms with Gasteiger partial charge in [-0.3, -0.25) is 0 Å². The number of hydrogen-bond acceptors (Lipinski definition) is 2. The van der Waals surface area contributed by atoms with Crippen LogP contribution in [0.25, 0.3) is 11.0 Å². The summed E-state index contributed by atoms with van der Waals surface area (Å²) in [6.45, 7) is 0. The smallest absolute Gasteiger partial charge is 0.117 e. The highest BCUT2D eigenvalue weighted by atomic mass is 35.5. The van der Waals surface area contributed by atoms with Gasteiger partial charge in [0.25, 0.3) is 0 Å². The molecule has 5 heteroatoms. The molecule has 1 heterocycles. The van der Waals surface area contributed by atoms with Crippen molar-refractivity contribution < 1.29 is 0 Å². The largest absolute Gasteiger partial charge is 0.230 e. The van der Waals surface area contributed by atoms with E-state index < -0.39 is 0 Å². The molecule has 0 amide bonds. The zero-order valence-electron chi connectivity index (χ0n) is 6.04. The number of aromatic nitrogens is 3. The Bertz CT molecular complexity index is 410. The third kappa shape index (κ3) is 1.15. The number of nitrogens with zero attached hydrogens (tertiary/aromatic N) is 3. The van der Waals surface area contributed by atoms with Gasteiger partial charge in [-0.1, -0.05) is 16.8 Å². The maximum absolute atomic E-state index is 5.76. The molecule has 0 saturated carbocycles. The van der Waals surface area contributed by atoms with Crippen molar-refractivity contribution >= 4 is 34.2 Å². The first-order valence-corrected chi connectivity index (χ1v) is 4.27. The summed E-state index contributed by atoms with van der Waals surface area (Å²) in [6.07, 6.45) is 0. The molecule has 12 heavy (non-hydrogen) atoms. The summed E-state index contributed by atoms with van der Waals surface area (Å²) < 4.78 is 1.60. The quantitative estimate of drug-likeness (QED) is 0.664. The fourth-order valence-corrected chi connectivity index (χ4v) is 1.38. The third-order valence-corrected chi connectivity index (χ3v) is 2.05. The van der Waals surface area contributed by atoms with Crippen LogP contribution in [0.5, 0.6) is 0 Å². The van der Waals surface area contributed by atoms with Gasteiger partial charge in [0.2, 0.25) is 0 Å². The summed E-state index contributed by atoms with van der Waals surface area (Å²) in [5, 5.41) is 8.38. The molecule has 0 aliphatic carbocycles. The summed E-state index contributed by atoms with van der Waals surface area (Å²) in [6, 6.07) is 5.70. The molecular weight excluding hydrogens is 197 g/mol. The third-order valence-electron chi connectivity index (χ3n) is 1.59. The Morgan fingerprint density at radius 1 is 1.42 bits per heavy atom. The van der Waals surface area contributed by atoms with Gasteiger partial charge in [0.1, 0.15) is 11.5 Å². The summed E-state index contributed by atoms with van der Waals surface area (Å²) >= 11 is 11.4. The Morgan fingerprint density at radius 2 is 2.25 bits per heavy atom. The van der Waals surface area contributed by atoms with E-state index in [1.165, 1.54) is 0 Å². The first-order chi connectivity index (χ1) is 5.81. The van der Waals surface area contributed by atoms with E-state index in [9.17, 15) is 0 Å². The lowest BCUT2D eigenvalue weighted by Gasteiger charge is -1.93. The van der Waals surface area contributed by atoms with Crippen molar-refractivity contribution in [3.05, 3.63) is 23.2 Å². The van der Waals surface area contributed by atoms with E-state index in [0.29, 0.717) is 11.0 Å². The second kappa shape index (κ2) is 2.92. The Morgan fingerprint density at radius 3 is 3.00 bits per heavy atom. The van der Waals surface area contributed by atoms with E-state index in [2.05, 4.69) is 10.3 Å². The Balaban J connectivity index is 2.73. The molecule has 0 unspecified atom stereocenters. The SMILES string of the molecule is ClCn1nnc2cc(Cl)ccc21. The molecular formula is C7H5Cl2N3. The second-order valence-electron chi connectivity index (χ2n) is 2.34. The highest BCUT2D eigenvalue weighted by molar-refractivity contribution is 6.31. The van der Waals surface area contributed by atoms with Gasteiger partial charge in [-0.25, -0.2) is 4.68 Å². The lowest BCUT2D eigenvalue weighted by Crippen LogP contribution is -1.93. The topological polar surface area (TPSA) is 30.7 Å². The average Bonchev–Trinajstić information content (AvgIpc) is 2.46. The maximum atomic E-state index is 5.76. The Hall–Kier alpha value is -0.800. The van der Waals surface area contributed by atoms with Crippen LogP contribution < -0.4 is 0 Å². The standard InChI is InChI=1S/C7H5Cl2N3/c8-4-12-7-2-1-5(9)3-6(7)10-11-12/h1-3H,4H2. The summed E-state index contributed by atoms with van der Waals surface area (Å²) in [7, 11) is 0. The molecule has 2 rings (SSSR count). The Labute approximate surface area is 78.9 Å². The van der Waals surface area contributed by atoms with Crippen molar-refractivity contribution in [3.8, 4) is 0 Å². The molecule has 0 atom stereocenters. The minimum Gasteiger partial charge on any atom is -0.230 e. The molecule has 0 aliphatic rings. The number of halogens is 2. The van der Waals surface area contributed by atoms with Gasteiger partial charge >= 0.3 is 0 Å². The molecule has 1 aromatic heterocycles. The van der Waals surface area contributed by atoms with E-state index in [-0.39, 0.29) is 0 Å². The molecule has 62 valence electrons. The highest BCUT2D eigenvalue weighted by Gasteiger charge is 2.02. The fourth-order valence-electron chi connectivity index (χ4n) is 1.03. The van der Waals surface area contributed by atoms with Gasteiger partial charge in [0.15, 0.2) is 0 Å². The van der Waals surface area contributed by atoms with E-state index in [1.807, 2.05) is 6.07 Å². The average molecular weight is 202 g/mol. The molecule has 0 aliphatic heterocycles. The van der Waals surface area contributed by atoms with Gasteiger partial charge in [-0.2, -0.15) is 0 Å². The molecule has 2 aromatic rings. The van der Waals surface area contributed by atoms with Crippen LogP contribution in [-0.2, 0) is 6.00 Å². The molecule has 0 spiro atoms. The van der Waals surface area contributed by atoms with Gasteiger partial charge in [0.05, 0.1) is 5.52 Å². The van der Waals surface area contributed by atoms with E-state index in [0.717, 1.165) is 11.0 Å². The van der Waals surface area contributed by atoms with Crippen molar-refractivity contribution in [1.29, 1.82) is 0 Å². The van der Waals surface area contributed by atoms with Crippen LogP contribution >= 0.6 is 23.2 Å². The van der Waals surface area contributed by atoms with E-state index in [4.69, 9.17) is 23.2 Å². The van der Waals surface area contributed by atoms with Crippen molar-refractivity contribution in [3.63, 3.8) is 0 Å². The van der Waals surface area contributed by atoms with Crippen LogP contribution in [0.2, 0.25) is 5.02 Å². The van der Waals surface area contributed by atoms with Crippen molar-refractivity contribution in [2.24, 2.45) is 0 Å². The molecule has 0 radical (unpaired) electrons. The van der Waals surface area contributed by atoms with Gasteiger partial charge in [0, 0.05) is 5.02 Å². The maximum Gasteiger partial charge on any atom is 0.117 e. The number of alkyl halides is 1. The minimum atomic E-state index is 0.304. The summed E-state index contributed by atoms with van der Waals surface area (Å²) in [4.78, 5) is 0. The lowest BCUT2D eigenvalue weighted by atomic mass is 10.3. The summed E-state index contributed by atoms with van der Waals surface area (Å²) in [5.74, 6) is 0. The van der Waals surface area contributed by atoms with Crippen LogP contribution in [0, 0.1) is 0 Å². The molecule has 0 N–H and O–H groups in total. The van der Waals surface area contributed by atoms with Crippen LogP contribution in [0.4, 0.5) is 0 Å². The first kappa shape index (κ1) is 7.83. The summed E-state index contributed by atoms with van der Waals surface area (Å²) in [5.41, 5.74) is 1.66. The monoisotopic (exact) mass is 201 g/mol. The van der Waals surface area contributed by atoms with Crippen molar-refractivity contribution in [1.82, 2.24) is 15.0 Å². The number of hydrogen-bond donors (Lipinski definition) is 0. The van der Waals surface area contributed by atoms with Crippen molar-refractivity contribution in [2.45, 2.75) is 6.00 Å². The van der Waals surface area contributed by atoms with Crippen LogP contribution in [-0.4, -0.2) is 15.0 Å². The van der Waals surface area contributed by atoms with Gasteiger partial charge in [-0.05, 0) is 18.2 Å². The highest BCUT2D eigenvalue weighted by Crippen LogP contribution is 2.16. The van der Waals surface area contributed by atoms with Crippen LogP contribution in [0.3, 0.4) is 0 Å². The number of benzene rings is 1. The lowest BCUT2D eigenvalue weighted by molar-refractivity contribution is 0.717. The van der Waals surface area contributed by atoms with Crippen LogP contribution in [0.15, 0.2) is 18.2 Å². The van der Waals surface area contributed by atoms with E-state index in [1.54, 1.807) is 16.8 Å². The van der Waals surface area contributed by atoms with Crippen molar-refractivity contribution in [2.75, 3.05) is 0 Å². The predicted octanol–water partition coefficient (Wildman–Crippen LogP) is 2.28. The minimum absolute atomic E-state index is 0.304. The second-order valence-corrected chi connectivity index (χ2v) is 3.02. The zero-order valence-corrected chi connectivity index (χ0v) is 7.55. The normalized spacial score (nSPS) is 10.8.